The molecular weight excluding hydrogens is 179 g/mol. The fourth-order valence-electron chi connectivity index (χ4n) is 0.256. The topological polar surface area (TPSA) is 28.7 Å². The number of aromatic nitrogens is 2. The molecule has 0 aliphatic rings. The minimum absolute atomic E-state index is 0.611. The van der Waals surface area contributed by atoms with Gasteiger partial charge in [-0.1, -0.05) is 11.6 Å². The predicted molar refractivity (Wildman–Crippen MR) is 31.3 cm³/mol. The fraction of sp³-hybridized carbons (Fsp3) is 0. The zero-order valence-corrected chi connectivity index (χ0v) is 5.62. The lowest BCUT2D eigenvalue weighted by Gasteiger charge is -1.73. The van der Waals surface area contributed by atoms with Crippen LogP contribution in [0.25, 0.3) is 0 Å². The summed E-state index contributed by atoms with van der Waals surface area (Å²) in [5.74, 6) is 0. The Morgan fingerprint density at radius 3 is 2.71 bits per heavy atom. The fourth-order valence-corrected chi connectivity index (χ4v) is 0.551. The first-order valence-electron chi connectivity index (χ1n) is 1.65. The van der Waals surface area contributed by atoms with Crippen molar-refractivity contribution in [2.24, 2.45) is 0 Å². The maximum Gasteiger partial charge on any atom is 0.119 e. The molecule has 0 saturated heterocycles. The summed E-state index contributed by atoms with van der Waals surface area (Å²) in [7, 11) is 0. The smallest absolute Gasteiger partial charge is 0.119 e. The maximum absolute atomic E-state index is 5.48. The molecule has 0 fully saturated rings. The molecule has 0 aromatic carbocycles. The quantitative estimate of drug-likeness (QED) is 0.650. The summed E-state index contributed by atoms with van der Waals surface area (Å²) in [4.78, 5) is 0. The molecule has 38 valence electrons. The highest BCUT2D eigenvalue weighted by atomic mass is 79.9. The van der Waals surface area contributed by atoms with Gasteiger partial charge >= 0.3 is 0 Å². The van der Waals surface area contributed by atoms with E-state index in [4.69, 9.17) is 11.6 Å². The van der Waals surface area contributed by atoms with Crippen LogP contribution in [0.15, 0.2) is 10.8 Å². The monoisotopic (exact) mass is 180 g/mol. The third-order valence-corrected chi connectivity index (χ3v) is 1.67. The van der Waals surface area contributed by atoms with Gasteiger partial charge in [0.1, 0.15) is 4.60 Å². The van der Waals surface area contributed by atoms with Crippen LogP contribution < -0.4 is 0 Å². The number of H-pyrrole nitrogens is 1. The summed E-state index contributed by atoms with van der Waals surface area (Å²) >= 11 is 8.60. The minimum atomic E-state index is 0.611. The van der Waals surface area contributed by atoms with Crippen LogP contribution in [0.1, 0.15) is 0 Å². The van der Waals surface area contributed by atoms with Gasteiger partial charge in [-0.05, 0) is 15.9 Å². The lowest BCUT2D eigenvalue weighted by Crippen LogP contribution is -1.60. The van der Waals surface area contributed by atoms with E-state index in [1.165, 1.54) is 6.20 Å². The van der Waals surface area contributed by atoms with E-state index >= 15 is 0 Å². The number of rotatable bonds is 0. The Hall–Kier alpha value is -0.0200. The van der Waals surface area contributed by atoms with Crippen molar-refractivity contribution in [2.75, 3.05) is 0 Å². The van der Waals surface area contributed by atoms with Gasteiger partial charge in [0.25, 0.3) is 0 Å². The molecule has 1 aromatic rings. The van der Waals surface area contributed by atoms with Gasteiger partial charge < -0.3 is 0 Å². The van der Waals surface area contributed by atoms with Crippen LogP contribution >= 0.6 is 27.5 Å². The van der Waals surface area contributed by atoms with Crippen molar-refractivity contribution >= 4 is 27.5 Å². The predicted octanol–water partition coefficient (Wildman–Crippen LogP) is 1.83. The molecule has 4 heteroatoms. The van der Waals surface area contributed by atoms with Gasteiger partial charge in [0.15, 0.2) is 0 Å². The van der Waals surface area contributed by atoms with Crippen LogP contribution in [0.5, 0.6) is 0 Å². The van der Waals surface area contributed by atoms with Crippen LogP contribution in [0.3, 0.4) is 0 Å². The van der Waals surface area contributed by atoms with Gasteiger partial charge in [-0.3, -0.25) is 5.10 Å². The van der Waals surface area contributed by atoms with Gasteiger partial charge in [-0.2, -0.15) is 5.10 Å². The molecule has 0 bridgehead atoms. The lowest BCUT2D eigenvalue weighted by molar-refractivity contribution is 1.07. The molecule has 0 atom stereocenters. The minimum Gasteiger partial charge on any atom is -0.270 e. The summed E-state index contributed by atoms with van der Waals surface area (Å²) in [6, 6.07) is 0. The average Bonchev–Trinajstić information content (AvgIpc) is 1.91. The molecular formula is C3H2BrClN2. The number of hydrogen-bond acceptors (Lipinski definition) is 1. The van der Waals surface area contributed by atoms with Gasteiger partial charge in [0.2, 0.25) is 0 Å². The molecule has 2 nitrogen and oxygen atoms in total. The van der Waals surface area contributed by atoms with E-state index in [0.29, 0.717) is 5.02 Å². The highest BCUT2D eigenvalue weighted by Gasteiger charge is 1.92. The molecule has 1 heterocycles. The third kappa shape index (κ3) is 0.951. The van der Waals surface area contributed by atoms with Crippen LogP contribution in [-0.2, 0) is 0 Å². The Kier molecular flexibility index (Phi) is 1.35. The van der Waals surface area contributed by atoms with E-state index in [-0.39, 0.29) is 0 Å². The Morgan fingerprint density at radius 2 is 2.57 bits per heavy atom. The first-order valence-corrected chi connectivity index (χ1v) is 2.82. The molecule has 7 heavy (non-hydrogen) atoms. The normalized spacial score (nSPS) is 9.43. The molecule has 0 saturated carbocycles. The van der Waals surface area contributed by atoms with E-state index in [2.05, 4.69) is 26.1 Å². The molecule has 0 aliphatic heterocycles. The molecule has 0 unspecified atom stereocenters. The third-order valence-electron chi connectivity index (χ3n) is 0.550. The van der Waals surface area contributed by atoms with E-state index in [0.717, 1.165) is 4.60 Å². The van der Waals surface area contributed by atoms with Crippen molar-refractivity contribution in [1.82, 2.24) is 10.2 Å². The number of hydrogen-bond donors (Lipinski definition) is 1. The van der Waals surface area contributed by atoms with Gasteiger partial charge in [0, 0.05) is 0 Å². The van der Waals surface area contributed by atoms with E-state index in [1.54, 1.807) is 0 Å². The summed E-state index contributed by atoms with van der Waals surface area (Å²) in [5, 5.41) is 6.83. The molecule has 1 aromatic heterocycles. The molecule has 1 rings (SSSR count). The van der Waals surface area contributed by atoms with Gasteiger partial charge in [-0.15, -0.1) is 0 Å². The SMILES string of the molecule is Clc1cn[nH]c1Br. The van der Waals surface area contributed by atoms with Crippen molar-refractivity contribution in [1.29, 1.82) is 0 Å². The Balaban J connectivity index is 3.12. The van der Waals surface area contributed by atoms with Crippen molar-refractivity contribution in [3.8, 4) is 0 Å². The average molecular weight is 181 g/mol. The first-order chi connectivity index (χ1) is 3.30. The Bertz CT molecular complexity index is 145. The van der Waals surface area contributed by atoms with Crippen molar-refractivity contribution < 1.29 is 0 Å². The highest BCUT2D eigenvalue weighted by molar-refractivity contribution is 9.10. The molecule has 0 radical (unpaired) electrons. The summed E-state index contributed by atoms with van der Waals surface area (Å²) in [6.07, 6.45) is 1.53. The van der Waals surface area contributed by atoms with Gasteiger partial charge in [-0.25, -0.2) is 0 Å². The highest BCUT2D eigenvalue weighted by Crippen LogP contribution is 2.16. The van der Waals surface area contributed by atoms with Crippen molar-refractivity contribution in [3.63, 3.8) is 0 Å². The second-order valence-electron chi connectivity index (χ2n) is 1.03. The number of nitrogens with zero attached hydrogens (tertiary/aromatic N) is 1. The van der Waals surface area contributed by atoms with Crippen LogP contribution in [0, 0.1) is 0 Å². The zero-order chi connectivity index (χ0) is 5.28. The summed E-state index contributed by atoms with van der Waals surface area (Å²) in [6.45, 7) is 0. The van der Waals surface area contributed by atoms with Gasteiger partial charge in [0.05, 0.1) is 11.2 Å². The standard InChI is InChI=1S/C3H2BrClN2/c4-3-2(5)1-6-7-3/h1H,(H,6,7). The second kappa shape index (κ2) is 1.84. The zero-order valence-electron chi connectivity index (χ0n) is 3.28. The Labute approximate surface area is 54.0 Å². The maximum atomic E-state index is 5.48. The Morgan fingerprint density at radius 1 is 1.86 bits per heavy atom. The number of halogens is 2. The first kappa shape index (κ1) is 5.12. The number of nitrogens with one attached hydrogen (secondary N) is 1. The van der Waals surface area contributed by atoms with Crippen molar-refractivity contribution in [3.05, 3.63) is 15.8 Å². The second-order valence-corrected chi connectivity index (χ2v) is 2.23. The van der Waals surface area contributed by atoms with E-state index in [1.807, 2.05) is 0 Å². The lowest BCUT2D eigenvalue weighted by atomic mass is 10.7. The van der Waals surface area contributed by atoms with Crippen LogP contribution in [0.2, 0.25) is 5.02 Å². The van der Waals surface area contributed by atoms with Crippen LogP contribution in [-0.4, -0.2) is 10.2 Å². The summed E-state index contributed by atoms with van der Waals surface area (Å²) < 4.78 is 0.731. The number of aromatic amines is 1. The van der Waals surface area contributed by atoms with E-state index in [9.17, 15) is 0 Å². The molecule has 0 spiro atoms. The van der Waals surface area contributed by atoms with Crippen molar-refractivity contribution in [2.45, 2.75) is 0 Å². The molecule has 0 amide bonds. The van der Waals surface area contributed by atoms with E-state index < -0.39 is 0 Å². The molecule has 1 N–H and O–H groups in total. The molecule has 0 aliphatic carbocycles. The van der Waals surface area contributed by atoms with Crippen LogP contribution in [0.4, 0.5) is 0 Å². The summed E-state index contributed by atoms with van der Waals surface area (Å²) in [5.41, 5.74) is 0. The largest absolute Gasteiger partial charge is 0.270 e.